The highest BCUT2D eigenvalue weighted by atomic mass is 35.5. The molecule has 2 aliphatic heterocycles. The topological polar surface area (TPSA) is 36.0 Å². The molecule has 2 heterocycles. The lowest BCUT2D eigenvalue weighted by atomic mass is 10.1. The predicted molar refractivity (Wildman–Crippen MR) is 93.5 cm³/mol. The first-order valence-electron chi connectivity index (χ1n) is 8.13. The van der Waals surface area contributed by atoms with E-state index in [2.05, 4.69) is 16.8 Å². The zero-order chi connectivity index (χ0) is 16.6. The van der Waals surface area contributed by atoms with Crippen molar-refractivity contribution in [2.45, 2.75) is 26.1 Å². The van der Waals surface area contributed by atoms with Crippen LogP contribution < -0.4 is 9.80 Å². The molecule has 126 valence electrons. The van der Waals surface area contributed by atoms with Crippen LogP contribution in [0.4, 0.5) is 11.4 Å². The molecule has 0 saturated carbocycles. The molecule has 1 saturated heterocycles. The second-order valence-corrected chi connectivity index (χ2v) is 6.97. The Morgan fingerprint density at radius 1 is 1.22 bits per heavy atom. The summed E-state index contributed by atoms with van der Waals surface area (Å²) in [4.78, 5) is 19.0. The van der Waals surface area contributed by atoms with Gasteiger partial charge in [0.05, 0.1) is 30.1 Å². The molecule has 1 aromatic carbocycles. The molecule has 2 atom stereocenters. The third kappa shape index (κ3) is 3.56. The van der Waals surface area contributed by atoms with Crippen LogP contribution in [0.1, 0.15) is 13.8 Å². The molecule has 1 aromatic rings. The van der Waals surface area contributed by atoms with Crippen molar-refractivity contribution in [1.29, 1.82) is 0 Å². The molecule has 0 bridgehead atoms. The summed E-state index contributed by atoms with van der Waals surface area (Å²) in [6.45, 7) is 7.48. The summed E-state index contributed by atoms with van der Waals surface area (Å²) in [5.41, 5.74) is 2.16. The summed E-state index contributed by atoms with van der Waals surface area (Å²) in [5.74, 6) is 0.155. The highest BCUT2D eigenvalue weighted by molar-refractivity contribution is 6.31. The Hall–Kier alpha value is -1.46. The molecule has 5 nitrogen and oxygen atoms in total. The number of morpholine rings is 1. The molecular formula is C17H24ClN3O2. The largest absolute Gasteiger partial charge is 0.372 e. The summed E-state index contributed by atoms with van der Waals surface area (Å²) in [5, 5.41) is 0.699. The zero-order valence-electron chi connectivity index (χ0n) is 14.0. The van der Waals surface area contributed by atoms with Crippen molar-refractivity contribution in [1.82, 2.24) is 4.90 Å². The van der Waals surface area contributed by atoms with E-state index in [0.29, 0.717) is 24.7 Å². The van der Waals surface area contributed by atoms with Gasteiger partial charge in [0.15, 0.2) is 0 Å². The van der Waals surface area contributed by atoms with Crippen molar-refractivity contribution in [3.8, 4) is 0 Å². The first-order valence-corrected chi connectivity index (χ1v) is 8.50. The van der Waals surface area contributed by atoms with Gasteiger partial charge in [-0.2, -0.15) is 0 Å². The van der Waals surface area contributed by atoms with E-state index in [4.69, 9.17) is 16.3 Å². The van der Waals surface area contributed by atoms with E-state index < -0.39 is 0 Å². The van der Waals surface area contributed by atoms with Crippen molar-refractivity contribution < 1.29 is 9.53 Å². The number of amides is 1. The number of fused-ring (bicyclic) bond motifs is 1. The fraction of sp³-hybridized carbons (Fsp3) is 0.588. The lowest BCUT2D eigenvalue weighted by Gasteiger charge is -2.39. The molecule has 2 aliphatic rings. The van der Waals surface area contributed by atoms with Crippen LogP contribution in [0, 0.1) is 0 Å². The number of hydrogen-bond acceptors (Lipinski definition) is 4. The minimum absolute atomic E-state index is 0.0944. The quantitative estimate of drug-likeness (QED) is 0.829. The summed E-state index contributed by atoms with van der Waals surface area (Å²) in [7, 11) is 2.07. The van der Waals surface area contributed by atoms with Gasteiger partial charge in [0.25, 0.3) is 0 Å². The minimum Gasteiger partial charge on any atom is -0.372 e. The van der Waals surface area contributed by atoms with E-state index >= 15 is 0 Å². The Kier molecular flexibility index (Phi) is 4.69. The van der Waals surface area contributed by atoms with E-state index in [9.17, 15) is 4.79 Å². The van der Waals surface area contributed by atoms with Gasteiger partial charge in [-0.3, -0.25) is 4.79 Å². The molecule has 0 aromatic heterocycles. The average molecular weight is 338 g/mol. The van der Waals surface area contributed by atoms with Crippen molar-refractivity contribution >= 4 is 28.9 Å². The Balaban J connectivity index is 1.74. The molecule has 0 N–H and O–H groups in total. The molecule has 0 radical (unpaired) electrons. The molecule has 23 heavy (non-hydrogen) atoms. The molecule has 0 aliphatic carbocycles. The third-order valence-electron chi connectivity index (χ3n) is 4.49. The normalized spacial score (nSPS) is 24.6. The van der Waals surface area contributed by atoms with Crippen LogP contribution in [0.25, 0.3) is 0 Å². The Labute approximate surface area is 142 Å². The smallest absolute Gasteiger partial charge is 0.242 e. The van der Waals surface area contributed by atoms with Gasteiger partial charge in [-0.15, -0.1) is 0 Å². The second-order valence-electron chi connectivity index (χ2n) is 6.53. The van der Waals surface area contributed by atoms with Crippen LogP contribution in [0.15, 0.2) is 18.2 Å². The zero-order valence-corrected chi connectivity index (χ0v) is 14.7. The van der Waals surface area contributed by atoms with E-state index in [1.165, 1.54) is 0 Å². The van der Waals surface area contributed by atoms with Gasteiger partial charge in [0, 0.05) is 38.2 Å². The SMILES string of the molecule is C[C@H]1CN(C(=O)CN2CCN(C)c3ccc(Cl)cc32)C[C@H](C)O1. The third-order valence-corrected chi connectivity index (χ3v) is 4.73. The Morgan fingerprint density at radius 2 is 1.91 bits per heavy atom. The van der Waals surface area contributed by atoms with Crippen molar-refractivity contribution in [2.24, 2.45) is 0 Å². The van der Waals surface area contributed by atoms with Gasteiger partial charge in [0.1, 0.15) is 0 Å². The number of hydrogen-bond donors (Lipinski definition) is 0. The van der Waals surface area contributed by atoms with E-state index in [0.717, 1.165) is 24.5 Å². The van der Waals surface area contributed by atoms with E-state index in [-0.39, 0.29) is 18.1 Å². The molecule has 0 unspecified atom stereocenters. The maximum Gasteiger partial charge on any atom is 0.242 e. The number of likely N-dealkylation sites (N-methyl/N-ethyl adjacent to an activating group) is 1. The van der Waals surface area contributed by atoms with Gasteiger partial charge in [-0.1, -0.05) is 11.6 Å². The Morgan fingerprint density at radius 3 is 2.61 bits per heavy atom. The standard InChI is InChI=1S/C17H24ClN3O2/c1-12-9-21(10-13(2)23-12)17(22)11-20-7-6-19(3)15-5-4-14(18)8-16(15)20/h4-5,8,12-13H,6-7,9-11H2,1-3H3/t12-,13-/m0/s1. The highest BCUT2D eigenvalue weighted by Gasteiger charge is 2.29. The van der Waals surface area contributed by atoms with Crippen LogP contribution in [0.5, 0.6) is 0 Å². The fourth-order valence-corrected chi connectivity index (χ4v) is 3.56. The highest BCUT2D eigenvalue weighted by Crippen LogP contribution is 2.34. The lowest BCUT2D eigenvalue weighted by molar-refractivity contribution is -0.141. The van der Waals surface area contributed by atoms with Gasteiger partial charge >= 0.3 is 0 Å². The average Bonchev–Trinajstić information content (AvgIpc) is 2.49. The number of carbonyl (C=O) groups excluding carboxylic acids is 1. The maximum absolute atomic E-state index is 12.7. The monoisotopic (exact) mass is 337 g/mol. The number of ether oxygens (including phenoxy) is 1. The molecule has 0 spiro atoms. The molecule has 1 fully saturated rings. The van der Waals surface area contributed by atoms with Crippen LogP contribution in [0.2, 0.25) is 5.02 Å². The van der Waals surface area contributed by atoms with Crippen LogP contribution in [0.3, 0.4) is 0 Å². The van der Waals surface area contributed by atoms with Gasteiger partial charge in [-0.05, 0) is 32.0 Å². The Bertz CT molecular complexity index is 585. The van der Waals surface area contributed by atoms with E-state index in [1.54, 1.807) is 0 Å². The first kappa shape index (κ1) is 16.4. The van der Waals surface area contributed by atoms with Crippen molar-refractivity contribution in [3.05, 3.63) is 23.2 Å². The summed E-state index contributed by atoms with van der Waals surface area (Å²) in [6.07, 6.45) is 0.189. The number of nitrogens with zero attached hydrogens (tertiary/aromatic N) is 3. The van der Waals surface area contributed by atoms with Gasteiger partial charge in [-0.25, -0.2) is 0 Å². The number of carbonyl (C=O) groups is 1. The predicted octanol–water partition coefficient (Wildman–Crippen LogP) is 2.23. The fourth-order valence-electron chi connectivity index (χ4n) is 3.39. The molecule has 1 amide bonds. The molecule has 6 heteroatoms. The molecule has 3 rings (SSSR count). The van der Waals surface area contributed by atoms with Crippen molar-refractivity contribution in [2.75, 3.05) is 49.6 Å². The van der Waals surface area contributed by atoms with Gasteiger partial charge < -0.3 is 19.4 Å². The number of benzene rings is 1. The first-order chi connectivity index (χ1) is 10.9. The second kappa shape index (κ2) is 6.57. The number of halogens is 1. The summed E-state index contributed by atoms with van der Waals surface area (Å²) in [6, 6.07) is 5.87. The van der Waals surface area contributed by atoms with Crippen LogP contribution in [-0.4, -0.2) is 62.8 Å². The van der Waals surface area contributed by atoms with E-state index in [1.807, 2.05) is 36.9 Å². The minimum atomic E-state index is 0.0944. The number of rotatable bonds is 2. The van der Waals surface area contributed by atoms with Crippen molar-refractivity contribution in [3.63, 3.8) is 0 Å². The van der Waals surface area contributed by atoms with Crippen LogP contribution >= 0.6 is 11.6 Å². The molecular weight excluding hydrogens is 314 g/mol. The van der Waals surface area contributed by atoms with Crippen LogP contribution in [-0.2, 0) is 9.53 Å². The number of anilines is 2. The van der Waals surface area contributed by atoms with Gasteiger partial charge in [0.2, 0.25) is 5.91 Å². The summed E-state index contributed by atoms with van der Waals surface area (Å²) < 4.78 is 5.71. The lowest BCUT2D eigenvalue weighted by Crippen LogP contribution is -2.52. The summed E-state index contributed by atoms with van der Waals surface area (Å²) >= 11 is 6.16. The maximum atomic E-state index is 12.7.